The molecule has 4 aliphatic rings. The Morgan fingerprint density at radius 2 is 1.41 bits per heavy atom. The monoisotopic (exact) mass is 235 g/mol. The van der Waals surface area contributed by atoms with Crippen LogP contribution in [0.5, 0.6) is 0 Å². The van der Waals surface area contributed by atoms with E-state index in [9.17, 15) is 0 Å². The molecule has 2 atom stereocenters. The highest BCUT2D eigenvalue weighted by atomic mass is 15.1. The standard InChI is InChI=1S/C16H29N/c1-3-17(4-2)12-16-9-13-5-6-14(10-16)8-15(7-13)11-16/h13-15H,3-12H2,1-2H3/t13-,14-,15?,16?/m1/s1. The second-order valence-electron chi connectivity index (χ2n) is 7.22. The number of rotatable bonds is 4. The molecule has 0 aromatic rings. The molecule has 4 bridgehead atoms. The van der Waals surface area contributed by atoms with E-state index in [0.29, 0.717) is 0 Å². The van der Waals surface area contributed by atoms with Crippen molar-refractivity contribution in [1.82, 2.24) is 4.90 Å². The summed E-state index contributed by atoms with van der Waals surface area (Å²) >= 11 is 0. The van der Waals surface area contributed by atoms with Gasteiger partial charge >= 0.3 is 0 Å². The fraction of sp³-hybridized carbons (Fsp3) is 1.00. The topological polar surface area (TPSA) is 3.24 Å². The summed E-state index contributed by atoms with van der Waals surface area (Å²) in [5.74, 6) is 3.29. The van der Waals surface area contributed by atoms with Crippen LogP contribution in [0.25, 0.3) is 0 Å². The third kappa shape index (κ3) is 2.28. The Balaban J connectivity index is 1.77. The fourth-order valence-corrected chi connectivity index (χ4v) is 5.49. The van der Waals surface area contributed by atoms with Crippen molar-refractivity contribution in [1.29, 1.82) is 0 Å². The molecule has 0 heterocycles. The third-order valence-electron chi connectivity index (χ3n) is 5.94. The maximum Gasteiger partial charge on any atom is 0.00380 e. The number of fused-ring (bicyclic) bond motifs is 1. The van der Waals surface area contributed by atoms with Gasteiger partial charge in [-0.25, -0.2) is 0 Å². The number of nitrogens with zero attached hydrogens (tertiary/aromatic N) is 1. The van der Waals surface area contributed by atoms with Crippen LogP contribution in [0, 0.1) is 23.2 Å². The van der Waals surface area contributed by atoms with E-state index in [-0.39, 0.29) is 0 Å². The zero-order valence-corrected chi connectivity index (χ0v) is 11.8. The Morgan fingerprint density at radius 1 is 0.882 bits per heavy atom. The first kappa shape index (κ1) is 12.0. The molecule has 0 spiro atoms. The SMILES string of the molecule is CCN(CC)CC12CC3C[C@@H](CC[C@H](C3)C1)C2. The van der Waals surface area contributed by atoms with E-state index in [1.807, 2.05) is 0 Å². The smallest absolute Gasteiger partial charge is 0.00380 e. The molecule has 1 nitrogen and oxygen atoms in total. The van der Waals surface area contributed by atoms with Gasteiger partial charge in [0.2, 0.25) is 0 Å². The molecule has 4 fully saturated rings. The molecule has 0 aliphatic heterocycles. The van der Waals surface area contributed by atoms with Gasteiger partial charge in [0.15, 0.2) is 0 Å². The first-order valence-corrected chi connectivity index (χ1v) is 7.95. The van der Waals surface area contributed by atoms with Crippen molar-refractivity contribution in [2.75, 3.05) is 19.6 Å². The molecule has 1 heteroatoms. The predicted octanol–water partition coefficient (Wildman–Crippen LogP) is 3.93. The quantitative estimate of drug-likeness (QED) is 0.713. The molecule has 4 aliphatic carbocycles. The number of hydrogen-bond donors (Lipinski definition) is 0. The Hall–Kier alpha value is -0.0400. The van der Waals surface area contributed by atoms with Gasteiger partial charge in [-0.3, -0.25) is 0 Å². The van der Waals surface area contributed by atoms with E-state index in [0.717, 1.165) is 23.2 Å². The van der Waals surface area contributed by atoms with Gasteiger partial charge in [-0.2, -0.15) is 0 Å². The molecular formula is C16H29N. The minimum Gasteiger partial charge on any atom is -0.303 e. The van der Waals surface area contributed by atoms with E-state index >= 15 is 0 Å². The van der Waals surface area contributed by atoms with E-state index in [4.69, 9.17) is 0 Å². The van der Waals surface area contributed by atoms with Crippen molar-refractivity contribution in [3.8, 4) is 0 Å². The molecule has 17 heavy (non-hydrogen) atoms. The van der Waals surface area contributed by atoms with Crippen LogP contribution >= 0.6 is 0 Å². The molecule has 0 aromatic carbocycles. The van der Waals surface area contributed by atoms with Crippen molar-refractivity contribution < 1.29 is 0 Å². The van der Waals surface area contributed by atoms with Gasteiger partial charge in [-0.15, -0.1) is 0 Å². The van der Waals surface area contributed by atoms with E-state index in [1.54, 1.807) is 44.9 Å². The lowest BCUT2D eigenvalue weighted by atomic mass is 9.58. The minimum atomic E-state index is 0.735. The zero-order chi connectivity index (χ0) is 11.9. The summed E-state index contributed by atoms with van der Waals surface area (Å²) in [6, 6.07) is 0. The molecule has 0 N–H and O–H groups in total. The molecule has 4 rings (SSSR count). The Kier molecular flexibility index (Phi) is 3.23. The van der Waals surface area contributed by atoms with Crippen LogP contribution in [0.15, 0.2) is 0 Å². The summed E-state index contributed by atoms with van der Waals surface area (Å²) in [5, 5.41) is 0. The lowest BCUT2D eigenvalue weighted by Gasteiger charge is -2.50. The lowest BCUT2D eigenvalue weighted by Crippen LogP contribution is -2.45. The Morgan fingerprint density at radius 3 is 1.94 bits per heavy atom. The minimum absolute atomic E-state index is 0.735. The summed E-state index contributed by atoms with van der Waals surface area (Å²) in [7, 11) is 0. The van der Waals surface area contributed by atoms with Gasteiger partial charge in [-0.05, 0) is 68.4 Å². The number of hydrogen-bond acceptors (Lipinski definition) is 1. The van der Waals surface area contributed by atoms with Gasteiger partial charge < -0.3 is 4.90 Å². The highest BCUT2D eigenvalue weighted by molar-refractivity contribution is 5.00. The van der Waals surface area contributed by atoms with Gasteiger partial charge in [0, 0.05) is 6.54 Å². The third-order valence-corrected chi connectivity index (χ3v) is 5.94. The van der Waals surface area contributed by atoms with Crippen LogP contribution in [0.4, 0.5) is 0 Å². The molecule has 0 radical (unpaired) electrons. The molecule has 0 aromatic heterocycles. The zero-order valence-electron chi connectivity index (χ0n) is 11.8. The van der Waals surface area contributed by atoms with Crippen LogP contribution in [0.2, 0.25) is 0 Å². The maximum atomic E-state index is 2.69. The van der Waals surface area contributed by atoms with Crippen LogP contribution in [0.3, 0.4) is 0 Å². The largest absolute Gasteiger partial charge is 0.303 e. The predicted molar refractivity (Wildman–Crippen MR) is 73.0 cm³/mol. The van der Waals surface area contributed by atoms with Crippen molar-refractivity contribution in [3.63, 3.8) is 0 Å². The fourth-order valence-electron chi connectivity index (χ4n) is 5.49. The Labute approximate surface area is 107 Å². The second-order valence-corrected chi connectivity index (χ2v) is 7.22. The summed E-state index contributed by atoms with van der Waals surface area (Å²) < 4.78 is 0. The van der Waals surface area contributed by atoms with Crippen LogP contribution in [-0.2, 0) is 0 Å². The summed E-state index contributed by atoms with van der Waals surface area (Å²) in [6.07, 6.45) is 11.0. The van der Waals surface area contributed by atoms with E-state index < -0.39 is 0 Å². The van der Waals surface area contributed by atoms with Crippen LogP contribution < -0.4 is 0 Å². The second kappa shape index (κ2) is 4.57. The molecule has 4 saturated carbocycles. The van der Waals surface area contributed by atoms with Gasteiger partial charge in [0.05, 0.1) is 0 Å². The summed E-state index contributed by atoms with van der Waals surface area (Å²) in [4.78, 5) is 2.69. The molecular weight excluding hydrogens is 206 g/mol. The maximum absolute atomic E-state index is 2.69. The summed E-state index contributed by atoms with van der Waals surface area (Å²) in [5.41, 5.74) is 0.735. The lowest BCUT2D eigenvalue weighted by molar-refractivity contribution is 0.00574. The van der Waals surface area contributed by atoms with Crippen molar-refractivity contribution in [2.45, 2.75) is 58.8 Å². The Bertz CT molecular complexity index is 253. The van der Waals surface area contributed by atoms with Crippen molar-refractivity contribution >= 4 is 0 Å². The normalized spacial score (nSPS) is 44.3. The molecule has 0 amide bonds. The van der Waals surface area contributed by atoms with Crippen LogP contribution in [0.1, 0.15) is 58.8 Å². The average molecular weight is 235 g/mol. The van der Waals surface area contributed by atoms with E-state index in [2.05, 4.69) is 18.7 Å². The summed E-state index contributed by atoms with van der Waals surface area (Å²) in [6.45, 7) is 8.57. The van der Waals surface area contributed by atoms with Gasteiger partial charge in [0.25, 0.3) is 0 Å². The van der Waals surface area contributed by atoms with Crippen molar-refractivity contribution in [2.24, 2.45) is 23.2 Å². The molecule has 0 unspecified atom stereocenters. The van der Waals surface area contributed by atoms with E-state index in [1.165, 1.54) is 19.6 Å². The van der Waals surface area contributed by atoms with Crippen LogP contribution in [-0.4, -0.2) is 24.5 Å². The molecule has 0 saturated heterocycles. The average Bonchev–Trinajstić information content (AvgIpc) is 2.52. The van der Waals surface area contributed by atoms with Gasteiger partial charge in [0.1, 0.15) is 0 Å². The van der Waals surface area contributed by atoms with Crippen molar-refractivity contribution in [3.05, 3.63) is 0 Å². The molecule has 98 valence electrons. The highest BCUT2D eigenvalue weighted by Gasteiger charge is 2.48. The van der Waals surface area contributed by atoms with Gasteiger partial charge in [-0.1, -0.05) is 26.7 Å². The first-order valence-electron chi connectivity index (χ1n) is 7.95. The first-order chi connectivity index (χ1) is 8.23. The highest BCUT2D eigenvalue weighted by Crippen LogP contribution is 2.57.